The zero-order valence-electron chi connectivity index (χ0n) is 13.3. The van der Waals surface area contributed by atoms with Crippen LogP contribution in [0.3, 0.4) is 0 Å². The van der Waals surface area contributed by atoms with Crippen LogP contribution in [0.2, 0.25) is 0 Å². The molecule has 6 heteroatoms. The third kappa shape index (κ3) is 6.49. The Bertz CT molecular complexity index is 489. The summed E-state index contributed by atoms with van der Waals surface area (Å²) in [5.74, 6) is 0.392. The summed E-state index contributed by atoms with van der Waals surface area (Å²) in [5.41, 5.74) is 1.27. The minimum absolute atomic E-state index is 0.123. The molecular weight excluding hydrogens is 300 g/mol. The van der Waals surface area contributed by atoms with E-state index in [1.54, 1.807) is 0 Å². The first-order chi connectivity index (χ1) is 10.4. The lowest BCUT2D eigenvalue weighted by atomic mass is 10.0. The Labute approximate surface area is 135 Å². The summed E-state index contributed by atoms with van der Waals surface area (Å²) in [5, 5.41) is 14.0. The summed E-state index contributed by atoms with van der Waals surface area (Å²) in [4.78, 5) is 24.2. The summed E-state index contributed by atoms with van der Waals surface area (Å²) in [7, 11) is 0. The van der Waals surface area contributed by atoms with Crippen LogP contribution in [0.1, 0.15) is 32.3 Å². The molecule has 0 bridgehead atoms. The number of aliphatic hydroxyl groups is 1. The van der Waals surface area contributed by atoms with E-state index < -0.39 is 6.04 Å². The molecule has 1 aromatic carbocycles. The first-order valence-electron chi connectivity index (χ1n) is 7.32. The molecule has 0 saturated carbocycles. The van der Waals surface area contributed by atoms with Gasteiger partial charge in [0.15, 0.2) is 0 Å². The van der Waals surface area contributed by atoms with Gasteiger partial charge in [-0.15, -0.1) is 11.8 Å². The number of amides is 2. The van der Waals surface area contributed by atoms with Crippen LogP contribution in [0.5, 0.6) is 0 Å². The molecule has 0 fully saturated rings. The molecule has 0 aliphatic carbocycles. The van der Waals surface area contributed by atoms with Crippen LogP contribution < -0.4 is 10.6 Å². The van der Waals surface area contributed by atoms with Crippen molar-refractivity contribution in [2.24, 2.45) is 0 Å². The van der Waals surface area contributed by atoms with Crippen molar-refractivity contribution in [1.29, 1.82) is 0 Å². The first kappa shape index (κ1) is 18.5. The van der Waals surface area contributed by atoms with Gasteiger partial charge in [0.1, 0.15) is 6.04 Å². The number of aliphatic hydroxyl groups excluding tert-OH is 1. The Morgan fingerprint density at radius 2 is 1.86 bits per heavy atom. The maximum absolute atomic E-state index is 12.0. The van der Waals surface area contributed by atoms with Crippen LogP contribution in [0.25, 0.3) is 0 Å². The molecule has 0 aromatic heterocycles. The topological polar surface area (TPSA) is 78.4 Å². The molecule has 0 heterocycles. The molecule has 0 aliphatic heterocycles. The zero-order valence-corrected chi connectivity index (χ0v) is 14.1. The van der Waals surface area contributed by atoms with Crippen molar-refractivity contribution in [3.05, 3.63) is 29.8 Å². The van der Waals surface area contributed by atoms with Gasteiger partial charge in [-0.3, -0.25) is 9.59 Å². The summed E-state index contributed by atoms with van der Waals surface area (Å²) in [6, 6.07) is 7.59. The number of carbonyl (C=O) groups is 2. The van der Waals surface area contributed by atoms with Crippen molar-refractivity contribution in [3.63, 3.8) is 0 Å². The molecule has 0 aliphatic rings. The average molecular weight is 324 g/mol. The van der Waals surface area contributed by atoms with Crippen molar-refractivity contribution >= 4 is 23.6 Å². The van der Waals surface area contributed by atoms with Gasteiger partial charge in [-0.05, 0) is 23.6 Å². The van der Waals surface area contributed by atoms with Crippen LogP contribution in [0.4, 0.5) is 0 Å². The molecule has 2 amide bonds. The van der Waals surface area contributed by atoms with Gasteiger partial charge in [-0.2, -0.15) is 0 Å². The van der Waals surface area contributed by atoms with Gasteiger partial charge < -0.3 is 15.7 Å². The number of benzene rings is 1. The zero-order chi connectivity index (χ0) is 16.5. The second-order valence-corrected chi connectivity index (χ2v) is 6.40. The fourth-order valence-electron chi connectivity index (χ4n) is 1.86. The van der Waals surface area contributed by atoms with Crippen molar-refractivity contribution in [3.8, 4) is 0 Å². The van der Waals surface area contributed by atoms with E-state index in [0.717, 1.165) is 4.90 Å². The third-order valence-corrected chi connectivity index (χ3v) is 4.17. The fraction of sp³-hybridized carbons (Fsp3) is 0.500. The van der Waals surface area contributed by atoms with Gasteiger partial charge in [-0.25, -0.2) is 0 Å². The van der Waals surface area contributed by atoms with Crippen LogP contribution >= 0.6 is 11.8 Å². The second kappa shape index (κ2) is 9.48. The smallest absolute Gasteiger partial charge is 0.243 e. The van der Waals surface area contributed by atoms with E-state index in [1.807, 2.05) is 12.1 Å². The van der Waals surface area contributed by atoms with Gasteiger partial charge in [0.2, 0.25) is 11.8 Å². The lowest BCUT2D eigenvalue weighted by molar-refractivity contribution is -0.127. The van der Waals surface area contributed by atoms with Gasteiger partial charge in [-0.1, -0.05) is 26.0 Å². The number of hydrogen-bond acceptors (Lipinski definition) is 4. The van der Waals surface area contributed by atoms with Gasteiger partial charge >= 0.3 is 0 Å². The van der Waals surface area contributed by atoms with Crippen molar-refractivity contribution < 1.29 is 14.7 Å². The van der Waals surface area contributed by atoms with E-state index in [9.17, 15) is 9.59 Å². The minimum atomic E-state index is -0.612. The molecule has 122 valence electrons. The minimum Gasteiger partial charge on any atom is -0.395 e. The largest absolute Gasteiger partial charge is 0.395 e. The molecule has 0 saturated heterocycles. The monoisotopic (exact) mass is 324 g/mol. The van der Waals surface area contributed by atoms with E-state index in [-0.39, 0.29) is 25.0 Å². The molecule has 1 rings (SSSR count). The normalized spacial score (nSPS) is 12.0. The standard InChI is InChI=1S/C16H24N2O3S/c1-11(2)13-4-6-14(7-5-13)22-10-15(18-12(3)20)16(21)17-8-9-19/h4-7,11,15,19H,8-10H2,1-3H3,(H,17,21)(H,18,20). The molecule has 1 atom stereocenters. The molecule has 3 N–H and O–H groups in total. The highest BCUT2D eigenvalue weighted by molar-refractivity contribution is 7.99. The molecular formula is C16H24N2O3S. The van der Waals surface area contributed by atoms with Crippen LogP contribution in [0.15, 0.2) is 29.2 Å². The van der Waals surface area contributed by atoms with Crippen LogP contribution in [-0.4, -0.2) is 41.9 Å². The highest BCUT2D eigenvalue weighted by atomic mass is 32.2. The Morgan fingerprint density at radius 1 is 1.23 bits per heavy atom. The lowest BCUT2D eigenvalue weighted by Crippen LogP contribution is -2.48. The van der Waals surface area contributed by atoms with Gasteiger partial charge in [0.25, 0.3) is 0 Å². The average Bonchev–Trinajstić information content (AvgIpc) is 2.49. The van der Waals surface area contributed by atoms with Crippen molar-refractivity contribution in [2.45, 2.75) is 37.6 Å². The maximum atomic E-state index is 12.0. The molecule has 0 spiro atoms. The molecule has 0 radical (unpaired) electrons. The predicted octanol–water partition coefficient (Wildman–Crippen LogP) is 1.52. The number of hydrogen-bond donors (Lipinski definition) is 3. The van der Waals surface area contributed by atoms with Crippen LogP contribution in [0, 0.1) is 0 Å². The van der Waals surface area contributed by atoms with Gasteiger partial charge in [0.05, 0.1) is 6.61 Å². The van der Waals surface area contributed by atoms with Crippen LogP contribution in [-0.2, 0) is 9.59 Å². The predicted molar refractivity (Wildman–Crippen MR) is 89.0 cm³/mol. The Balaban J connectivity index is 2.61. The number of thioether (sulfide) groups is 1. The second-order valence-electron chi connectivity index (χ2n) is 5.30. The molecule has 5 nitrogen and oxygen atoms in total. The Hall–Kier alpha value is -1.53. The Morgan fingerprint density at radius 3 is 2.36 bits per heavy atom. The molecule has 22 heavy (non-hydrogen) atoms. The highest BCUT2D eigenvalue weighted by Crippen LogP contribution is 2.22. The van der Waals surface area contributed by atoms with Gasteiger partial charge in [0, 0.05) is 24.1 Å². The summed E-state index contributed by atoms with van der Waals surface area (Å²) in [6.45, 7) is 5.72. The van der Waals surface area contributed by atoms with E-state index >= 15 is 0 Å². The third-order valence-electron chi connectivity index (χ3n) is 3.07. The lowest BCUT2D eigenvalue weighted by Gasteiger charge is -2.17. The maximum Gasteiger partial charge on any atom is 0.243 e. The van der Waals surface area contributed by atoms with E-state index in [1.165, 1.54) is 24.2 Å². The fourth-order valence-corrected chi connectivity index (χ4v) is 2.78. The number of nitrogens with one attached hydrogen (secondary N) is 2. The van der Waals surface area contributed by atoms with Crippen molar-refractivity contribution in [2.75, 3.05) is 18.9 Å². The summed E-state index contributed by atoms with van der Waals surface area (Å²) >= 11 is 1.51. The van der Waals surface area contributed by atoms with E-state index in [2.05, 4.69) is 36.6 Å². The summed E-state index contributed by atoms with van der Waals surface area (Å²) < 4.78 is 0. The number of rotatable bonds is 8. The van der Waals surface area contributed by atoms with E-state index in [4.69, 9.17) is 5.11 Å². The SMILES string of the molecule is CC(=O)NC(CSc1ccc(C(C)C)cc1)C(=O)NCCO. The first-order valence-corrected chi connectivity index (χ1v) is 8.31. The number of carbonyl (C=O) groups excluding carboxylic acids is 2. The Kier molecular flexibility index (Phi) is 7.98. The van der Waals surface area contributed by atoms with E-state index in [0.29, 0.717) is 11.7 Å². The highest BCUT2D eigenvalue weighted by Gasteiger charge is 2.19. The molecule has 1 aromatic rings. The molecule has 1 unspecified atom stereocenters. The van der Waals surface area contributed by atoms with Crippen molar-refractivity contribution in [1.82, 2.24) is 10.6 Å². The summed E-state index contributed by atoms with van der Waals surface area (Å²) in [6.07, 6.45) is 0. The quantitative estimate of drug-likeness (QED) is 0.634.